The number of methoxy groups -OCH3 is 1. The lowest BCUT2D eigenvalue weighted by Crippen LogP contribution is -2.22. The summed E-state index contributed by atoms with van der Waals surface area (Å²) in [5, 5.41) is 3.47. The number of ether oxygens (including phenoxy) is 1. The van der Waals surface area contributed by atoms with Crippen molar-refractivity contribution < 1.29 is 4.74 Å². The van der Waals surface area contributed by atoms with Gasteiger partial charge in [-0.05, 0) is 36.6 Å². The summed E-state index contributed by atoms with van der Waals surface area (Å²) < 4.78 is 5.20. The molecule has 0 radical (unpaired) electrons. The minimum absolute atomic E-state index is 0.679. The van der Waals surface area contributed by atoms with Crippen molar-refractivity contribution in [1.82, 2.24) is 5.32 Å². The predicted molar refractivity (Wildman–Crippen MR) is 73.8 cm³/mol. The fraction of sp³-hybridized carbons (Fsp3) is 0.571. The van der Waals surface area contributed by atoms with Gasteiger partial charge in [0.2, 0.25) is 0 Å². The van der Waals surface area contributed by atoms with Gasteiger partial charge < -0.3 is 10.1 Å². The van der Waals surface area contributed by atoms with Crippen molar-refractivity contribution in [3.8, 4) is 5.75 Å². The van der Waals surface area contributed by atoms with E-state index in [0.29, 0.717) is 5.92 Å². The Bertz CT molecular complexity index is 317. The molecule has 0 aliphatic carbocycles. The lowest BCUT2D eigenvalue weighted by Gasteiger charge is -2.14. The zero-order valence-corrected chi connectivity index (χ0v) is 11.5. The van der Waals surface area contributed by atoms with Gasteiger partial charge in [0, 0.05) is 12.4 Å². The summed E-state index contributed by atoms with van der Waals surface area (Å²) >= 11 is 5.77. The molecule has 1 atom stereocenters. The summed E-state index contributed by atoms with van der Waals surface area (Å²) in [6.45, 7) is 4.13. The molecule has 17 heavy (non-hydrogen) atoms. The monoisotopic (exact) mass is 255 g/mol. The molecular formula is C14H22ClNO. The second-order valence-electron chi connectivity index (χ2n) is 4.23. The number of hydrogen-bond donors (Lipinski definition) is 1. The van der Waals surface area contributed by atoms with Crippen LogP contribution in [0, 0.1) is 5.92 Å². The van der Waals surface area contributed by atoms with Crippen molar-refractivity contribution >= 4 is 11.6 Å². The summed E-state index contributed by atoms with van der Waals surface area (Å²) in [4.78, 5) is 0. The molecule has 1 aromatic carbocycles. The average Bonchev–Trinajstić information content (AvgIpc) is 2.38. The molecule has 0 bridgehead atoms. The first kappa shape index (κ1) is 14.3. The molecule has 1 N–H and O–H groups in total. The Balaban J connectivity index is 2.34. The summed E-state index contributed by atoms with van der Waals surface area (Å²) in [6.07, 6.45) is 2.26. The molecule has 1 unspecified atom stereocenters. The molecule has 96 valence electrons. The number of rotatable bonds is 8. The molecule has 0 spiro atoms. The molecule has 0 aromatic heterocycles. The fourth-order valence-electron chi connectivity index (χ4n) is 1.81. The third-order valence-corrected chi connectivity index (χ3v) is 3.21. The van der Waals surface area contributed by atoms with Crippen molar-refractivity contribution in [3.05, 3.63) is 29.8 Å². The van der Waals surface area contributed by atoms with E-state index in [4.69, 9.17) is 16.3 Å². The molecule has 0 heterocycles. The van der Waals surface area contributed by atoms with Crippen LogP contribution in [0.15, 0.2) is 24.3 Å². The van der Waals surface area contributed by atoms with Crippen molar-refractivity contribution in [2.45, 2.75) is 26.3 Å². The molecule has 1 rings (SSSR count). The molecule has 3 heteroatoms. The highest BCUT2D eigenvalue weighted by Crippen LogP contribution is 2.13. The van der Waals surface area contributed by atoms with Crippen LogP contribution in [0.1, 0.15) is 25.3 Å². The third-order valence-electron chi connectivity index (χ3n) is 2.99. The van der Waals surface area contributed by atoms with Gasteiger partial charge in [-0.3, -0.25) is 0 Å². The summed E-state index contributed by atoms with van der Waals surface area (Å²) in [7, 11) is 1.69. The lowest BCUT2D eigenvalue weighted by atomic mass is 10.0. The Morgan fingerprint density at radius 1 is 1.41 bits per heavy atom. The lowest BCUT2D eigenvalue weighted by molar-refractivity contribution is 0.413. The van der Waals surface area contributed by atoms with Crippen molar-refractivity contribution in [3.63, 3.8) is 0 Å². The van der Waals surface area contributed by atoms with E-state index in [-0.39, 0.29) is 0 Å². The summed E-state index contributed by atoms with van der Waals surface area (Å²) in [5.74, 6) is 2.34. The fourth-order valence-corrected chi connectivity index (χ4v) is 2.12. The molecular weight excluding hydrogens is 234 g/mol. The van der Waals surface area contributed by atoms with Gasteiger partial charge in [-0.25, -0.2) is 0 Å². The van der Waals surface area contributed by atoms with Gasteiger partial charge in [0.05, 0.1) is 7.11 Å². The topological polar surface area (TPSA) is 21.3 Å². The number of halogens is 1. The van der Waals surface area contributed by atoms with E-state index in [1.165, 1.54) is 12.0 Å². The Morgan fingerprint density at radius 2 is 2.24 bits per heavy atom. The smallest absolute Gasteiger partial charge is 0.119 e. The summed E-state index contributed by atoms with van der Waals surface area (Å²) in [6, 6.07) is 8.16. The van der Waals surface area contributed by atoms with Gasteiger partial charge in [0.25, 0.3) is 0 Å². The average molecular weight is 256 g/mol. The van der Waals surface area contributed by atoms with Crippen LogP contribution in [-0.4, -0.2) is 19.5 Å². The highest BCUT2D eigenvalue weighted by molar-refractivity contribution is 6.17. The zero-order valence-electron chi connectivity index (χ0n) is 10.7. The number of nitrogens with one attached hydrogen (secondary N) is 1. The van der Waals surface area contributed by atoms with Crippen LogP contribution in [0.2, 0.25) is 0 Å². The van der Waals surface area contributed by atoms with Gasteiger partial charge in [0.15, 0.2) is 0 Å². The first-order valence-electron chi connectivity index (χ1n) is 6.19. The summed E-state index contributed by atoms with van der Waals surface area (Å²) in [5.41, 5.74) is 1.25. The van der Waals surface area contributed by atoms with Crippen LogP contribution < -0.4 is 10.1 Å². The highest BCUT2D eigenvalue weighted by Gasteiger charge is 2.04. The molecule has 1 aromatic rings. The van der Waals surface area contributed by atoms with Gasteiger partial charge in [0.1, 0.15) is 5.75 Å². The largest absolute Gasteiger partial charge is 0.497 e. The molecule has 0 aliphatic heterocycles. The second-order valence-corrected chi connectivity index (χ2v) is 4.61. The number of hydrogen-bond acceptors (Lipinski definition) is 2. The minimum Gasteiger partial charge on any atom is -0.497 e. The first-order chi connectivity index (χ1) is 8.30. The van der Waals surface area contributed by atoms with E-state index in [1.807, 2.05) is 12.1 Å². The van der Waals surface area contributed by atoms with E-state index in [0.717, 1.165) is 31.1 Å². The minimum atomic E-state index is 0.679. The van der Waals surface area contributed by atoms with Crippen molar-refractivity contribution in [2.75, 3.05) is 19.5 Å². The van der Waals surface area contributed by atoms with E-state index in [1.54, 1.807) is 7.11 Å². The van der Waals surface area contributed by atoms with Gasteiger partial charge in [-0.2, -0.15) is 0 Å². The second kappa shape index (κ2) is 8.37. The van der Waals surface area contributed by atoms with Crippen LogP contribution in [0.3, 0.4) is 0 Å². The Labute approximate surface area is 109 Å². The molecule has 2 nitrogen and oxygen atoms in total. The Kier molecular flexibility index (Phi) is 7.06. The Morgan fingerprint density at radius 3 is 2.88 bits per heavy atom. The maximum Gasteiger partial charge on any atom is 0.119 e. The molecule has 0 saturated carbocycles. The normalized spacial score (nSPS) is 12.4. The molecule has 0 aliphatic rings. The zero-order chi connectivity index (χ0) is 12.5. The first-order valence-corrected chi connectivity index (χ1v) is 6.73. The van der Waals surface area contributed by atoms with E-state index < -0.39 is 0 Å². The molecule has 0 fully saturated rings. The van der Waals surface area contributed by atoms with Gasteiger partial charge in [-0.1, -0.05) is 25.5 Å². The maximum absolute atomic E-state index is 5.77. The Hall–Kier alpha value is -0.730. The maximum atomic E-state index is 5.77. The van der Waals surface area contributed by atoms with E-state index in [2.05, 4.69) is 24.4 Å². The van der Waals surface area contributed by atoms with Crippen LogP contribution in [-0.2, 0) is 6.54 Å². The van der Waals surface area contributed by atoms with Crippen LogP contribution in [0.4, 0.5) is 0 Å². The van der Waals surface area contributed by atoms with Gasteiger partial charge >= 0.3 is 0 Å². The van der Waals surface area contributed by atoms with Crippen molar-refractivity contribution in [2.24, 2.45) is 5.92 Å². The standard InChI is InChI=1S/C14H22ClNO/c1-3-12(7-8-15)10-16-11-13-5-4-6-14(9-13)17-2/h4-6,9,12,16H,3,7-8,10-11H2,1-2H3. The predicted octanol–water partition coefficient (Wildman–Crippen LogP) is 3.44. The van der Waals surface area contributed by atoms with Crippen molar-refractivity contribution in [1.29, 1.82) is 0 Å². The van der Waals surface area contributed by atoms with Crippen LogP contribution in [0.25, 0.3) is 0 Å². The van der Waals surface area contributed by atoms with Crippen LogP contribution in [0.5, 0.6) is 5.75 Å². The SMILES string of the molecule is CCC(CCCl)CNCc1cccc(OC)c1. The highest BCUT2D eigenvalue weighted by atomic mass is 35.5. The number of alkyl halides is 1. The number of benzene rings is 1. The van der Waals surface area contributed by atoms with Crippen LogP contribution >= 0.6 is 11.6 Å². The van der Waals surface area contributed by atoms with E-state index >= 15 is 0 Å². The quantitative estimate of drug-likeness (QED) is 0.719. The molecule has 0 amide bonds. The van der Waals surface area contributed by atoms with E-state index in [9.17, 15) is 0 Å². The third kappa shape index (κ3) is 5.42. The van der Waals surface area contributed by atoms with Gasteiger partial charge in [-0.15, -0.1) is 11.6 Å². The molecule has 0 saturated heterocycles.